The molecule has 0 aliphatic rings. The number of halogens is 1. The molecule has 0 atom stereocenters. The normalized spacial score (nSPS) is 11.0. The number of aromatic nitrogens is 2. The summed E-state index contributed by atoms with van der Waals surface area (Å²) in [5.41, 5.74) is 2.59. The van der Waals surface area contributed by atoms with E-state index >= 15 is 0 Å². The van der Waals surface area contributed by atoms with Crippen LogP contribution in [0, 0.1) is 0 Å². The lowest BCUT2D eigenvalue weighted by Gasteiger charge is -2.13. The number of benzene rings is 3. The summed E-state index contributed by atoms with van der Waals surface area (Å²) >= 11 is 7.53. The number of aryl methyl sites for hydroxylation is 1. The Hall–Kier alpha value is -2.76. The van der Waals surface area contributed by atoms with Crippen LogP contribution in [-0.4, -0.2) is 22.4 Å². The molecule has 0 saturated carbocycles. The maximum absolute atomic E-state index is 13.2. The summed E-state index contributed by atoms with van der Waals surface area (Å²) in [6.45, 7) is 0. The van der Waals surface area contributed by atoms with Gasteiger partial charge in [0, 0.05) is 10.8 Å². The van der Waals surface area contributed by atoms with Crippen molar-refractivity contribution in [3.05, 3.63) is 93.7 Å². The van der Waals surface area contributed by atoms with Crippen LogP contribution < -0.4 is 10.3 Å². The van der Waals surface area contributed by atoms with E-state index in [-0.39, 0.29) is 5.56 Å². The van der Waals surface area contributed by atoms with Gasteiger partial charge >= 0.3 is 0 Å². The molecule has 29 heavy (non-hydrogen) atoms. The second kappa shape index (κ2) is 8.72. The summed E-state index contributed by atoms with van der Waals surface area (Å²) in [6.07, 6.45) is 0.854. The number of rotatable bonds is 6. The molecule has 4 nitrogen and oxygen atoms in total. The first-order valence-corrected chi connectivity index (χ1v) is 10.6. The van der Waals surface area contributed by atoms with Gasteiger partial charge in [0.25, 0.3) is 5.56 Å². The zero-order chi connectivity index (χ0) is 20.2. The molecule has 1 heterocycles. The van der Waals surface area contributed by atoms with Crippen molar-refractivity contribution in [2.45, 2.75) is 11.6 Å². The second-order valence-corrected chi connectivity index (χ2v) is 7.97. The van der Waals surface area contributed by atoms with Crippen molar-refractivity contribution in [1.82, 2.24) is 9.55 Å². The van der Waals surface area contributed by atoms with Crippen LogP contribution in [0.1, 0.15) is 5.56 Å². The Balaban J connectivity index is 1.70. The highest BCUT2D eigenvalue weighted by Crippen LogP contribution is 2.24. The molecule has 0 fully saturated rings. The van der Waals surface area contributed by atoms with Crippen LogP contribution in [0.4, 0.5) is 0 Å². The standard InChI is InChI=1S/C23H19ClN2O2S/c1-28-19-12-10-18(11-13-19)26-22(27)20-4-2-3-5-21(20)25-23(26)29-15-14-16-6-8-17(24)9-7-16/h2-13H,14-15H2,1H3. The summed E-state index contributed by atoms with van der Waals surface area (Å²) in [5, 5.41) is 2.00. The van der Waals surface area contributed by atoms with Crippen molar-refractivity contribution in [2.75, 3.05) is 12.9 Å². The maximum atomic E-state index is 13.2. The van der Waals surface area contributed by atoms with Gasteiger partial charge in [0.2, 0.25) is 0 Å². The van der Waals surface area contributed by atoms with Crippen LogP contribution in [0.2, 0.25) is 5.02 Å². The lowest BCUT2D eigenvalue weighted by atomic mass is 10.2. The minimum Gasteiger partial charge on any atom is -0.497 e. The number of hydrogen-bond acceptors (Lipinski definition) is 4. The van der Waals surface area contributed by atoms with Gasteiger partial charge in [-0.25, -0.2) is 4.98 Å². The number of thioether (sulfide) groups is 1. The Morgan fingerprint density at radius 2 is 1.72 bits per heavy atom. The van der Waals surface area contributed by atoms with Crippen molar-refractivity contribution in [3.63, 3.8) is 0 Å². The molecule has 0 aliphatic heterocycles. The van der Waals surface area contributed by atoms with E-state index in [4.69, 9.17) is 21.3 Å². The smallest absolute Gasteiger partial charge is 0.266 e. The van der Waals surface area contributed by atoms with E-state index in [1.165, 1.54) is 5.56 Å². The molecule has 0 aliphatic carbocycles. The third-order valence-corrected chi connectivity index (χ3v) is 5.80. The van der Waals surface area contributed by atoms with Crippen molar-refractivity contribution in [3.8, 4) is 11.4 Å². The number of hydrogen-bond donors (Lipinski definition) is 0. The molecule has 0 spiro atoms. The molecule has 0 amide bonds. The van der Waals surface area contributed by atoms with Crippen molar-refractivity contribution in [2.24, 2.45) is 0 Å². The van der Waals surface area contributed by atoms with E-state index in [1.807, 2.05) is 72.8 Å². The van der Waals surface area contributed by atoms with Gasteiger partial charge in [-0.05, 0) is 60.5 Å². The van der Waals surface area contributed by atoms with Gasteiger partial charge in [-0.3, -0.25) is 9.36 Å². The highest BCUT2D eigenvalue weighted by Gasteiger charge is 2.13. The molecule has 1 aromatic heterocycles. The lowest BCUT2D eigenvalue weighted by Crippen LogP contribution is -2.21. The van der Waals surface area contributed by atoms with Gasteiger partial charge in [0.15, 0.2) is 5.16 Å². The first-order chi connectivity index (χ1) is 14.2. The fraction of sp³-hybridized carbons (Fsp3) is 0.130. The maximum Gasteiger partial charge on any atom is 0.266 e. The highest BCUT2D eigenvalue weighted by molar-refractivity contribution is 7.99. The van der Waals surface area contributed by atoms with Crippen LogP contribution in [-0.2, 0) is 6.42 Å². The third kappa shape index (κ3) is 4.31. The van der Waals surface area contributed by atoms with E-state index < -0.39 is 0 Å². The van der Waals surface area contributed by atoms with Crippen LogP contribution >= 0.6 is 23.4 Å². The van der Waals surface area contributed by atoms with Crippen molar-refractivity contribution >= 4 is 34.3 Å². The lowest BCUT2D eigenvalue weighted by molar-refractivity contribution is 0.414. The van der Waals surface area contributed by atoms with Gasteiger partial charge < -0.3 is 4.74 Å². The molecular weight excluding hydrogens is 404 g/mol. The topological polar surface area (TPSA) is 44.1 Å². The van der Waals surface area contributed by atoms with E-state index in [2.05, 4.69) is 0 Å². The SMILES string of the molecule is COc1ccc(-n2c(SCCc3ccc(Cl)cc3)nc3ccccc3c2=O)cc1. The number of methoxy groups -OCH3 is 1. The van der Waals surface area contributed by atoms with Crippen molar-refractivity contribution < 1.29 is 4.74 Å². The van der Waals surface area contributed by atoms with Crippen LogP contribution in [0.25, 0.3) is 16.6 Å². The molecule has 0 bridgehead atoms. The molecule has 0 saturated heterocycles. The van der Waals surface area contributed by atoms with Gasteiger partial charge in [-0.1, -0.05) is 47.6 Å². The Morgan fingerprint density at radius 3 is 2.45 bits per heavy atom. The zero-order valence-corrected chi connectivity index (χ0v) is 17.4. The third-order valence-electron chi connectivity index (χ3n) is 4.61. The van der Waals surface area contributed by atoms with Crippen LogP contribution in [0.5, 0.6) is 5.75 Å². The summed E-state index contributed by atoms with van der Waals surface area (Å²) in [5.74, 6) is 1.54. The average Bonchev–Trinajstić information content (AvgIpc) is 2.76. The Kier molecular flexibility index (Phi) is 5.88. The molecule has 4 aromatic rings. The summed E-state index contributed by atoms with van der Waals surface area (Å²) in [6, 6.07) is 22.7. The number of fused-ring (bicyclic) bond motifs is 1. The molecular formula is C23H19ClN2O2S. The fourth-order valence-corrected chi connectivity index (χ4v) is 4.21. The average molecular weight is 423 g/mol. The van der Waals surface area contributed by atoms with Crippen LogP contribution in [0.3, 0.4) is 0 Å². The number of ether oxygens (including phenoxy) is 1. The van der Waals surface area contributed by atoms with Crippen LogP contribution in [0.15, 0.2) is 82.7 Å². The monoisotopic (exact) mass is 422 g/mol. The second-order valence-electron chi connectivity index (χ2n) is 6.48. The molecule has 0 N–H and O–H groups in total. The summed E-state index contributed by atoms with van der Waals surface area (Å²) in [4.78, 5) is 18.0. The molecule has 0 radical (unpaired) electrons. The van der Waals surface area contributed by atoms with Crippen molar-refractivity contribution in [1.29, 1.82) is 0 Å². The Bertz CT molecular complexity index is 1190. The van der Waals surface area contributed by atoms with Gasteiger partial charge in [0.1, 0.15) is 5.75 Å². The first kappa shape index (κ1) is 19.6. The predicted molar refractivity (Wildman–Crippen MR) is 120 cm³/mol. The largest absolute Gasteiger partial charge is 0.497 e. The number of nitrogens with zero attached hydrogens (tertiary/aromatic N) is 2. The minimum absolute atomic E-state index is 0.0743. The zero-order valence-electron chi connectivity index (χ0n) is 15.8. The quantitative estimate of drug-likeness (QED) is 0.309. The molecule has 0 unspecified atom stereocenters. The predicted octanol–water partition coefficient (Wildman–Crippen LogP) is 5.38. The minimum atomic E-state index is -0.0743. The first-order valence-electron chi connectivity index (χ1n) is 9.19. The van der Waals surface area contributed by atoms with E-state index in [1.54, 1.807) is 23.4 Å². The van der Waals surface area contributed by atoms with E-state index in [0.717, 1.165) is 28.6 Å². The summed E-state index contributed by atoms with van der Waals surface area (Å²) in [7, 11) is 1.62. The van der Waals surface area contributed by atoms with Gasteiger partial charge in [-0.2, -0.15) is 0 Å². The number of para-hydroxylation sites is 1. The molecule has 3 aromatic carbocycles. The van der Waals surface area contributed by atoms with E-state index in [0.29, 0.717) is 16.1 Å². The van der Waals surface area contributed by atoms with Gasteiger partial charge in [-0.15, -0.1) is 0 Å². The Morgan fingerprint density at radius 1 is 1.00 bits per heavy atom. The van der Waals surface area contributed by atoms with Gasteiger partial charge in [0.05, 0.1) is 23.7 Å². The highest BCUT2D eigenvalue weighted by atomic mass is 35.5. The molecule has 6 heteroatoms. The Labute approximate surface area is 178 Å². The molecule has 146 valence electrons. The fourth-order valence-electron chi connectivity index (χ4n) is 3.08. The molecule has 4 rings (SSSR count). The van der Waals surface area contributed by atoms with E-state index in [9.17, 15) is 4.79 Å². The summed E-state index contributed by atoms with van der Waals surface area (Å²) < 4.78 is 6.92.